The fourth-order valence-electron chi connectivity index (χ4n) is 3.86. The van der Waals surface area contributed by atoms with Gasteiger partial charge in [0.05, 0.1) is 12.6 Å². The zero-order valence-electron chi connectivity index (χ0n) is 17.1. The number of nitrogens with zero attached hydrogens (tertiary/aromatic N) is 2. The van der Waals surface area contributed by atoms with Crippen molar-refractivity contribution in [1.82, 2.24) is 10.3 Å². The Balaban J connectivity index is 1.37. The van der Waals surface area contributed by atoms with Crippen LogP contribution in [0.2, 0.25) is 0 Å². The number of fused-ring (bicyclic) bond motifs is 1. The van der Waals surface area contributed by atoms with Gasteiger partial charge in [-0.1, -0.05) is 0 Å². The molecule has 2 N–H and O–H groups in total. The molecule has 1 fully saturated rings. The topological polar surface area (TPSA) is 66.5 Å². The van der Waals surface area contributed by atoms with Gasteiger partial charge in [0.15, 0.2) is 0 Å². The number of rotatable bonds is 4. The first kappa shape index (κ1) is 19.9. The van der Waals surface area contributed by atoms with E-state index < -0.39 is 0 Å². The average molecular weight is 408 g/mol. The second-order valence-corrected chi connectivity index (χ2v) is 7.53. The predicted molar refractivity (Wildman–Crippen MR) is 117 cm³/mol. The molecule has 6 nitrogen and oxygen atoms in total. The minimum absolute atomic E-state index is 0.0884. The maximum absolute atomic E-state index is 13.8. The highest BCUT2D eigenvalue weighted by Gasteiger charge is 2.22. The van der Waals surface area contributed by atoms with Crippen LogP contribution in [0, 0.1) is 12.7 Å². The Kier molecular flexibility index (Phi) is 5.70. The summed E-state index contributed by atoms with van der Waals surface area (Å²) < 4.78 is 18.9. The van der Waals surface area contributed by atoms with Crippen LogP contribution in [-0.2, 0) is 0 Å². The number of aromatic nitrogens is 1. The molecule has 1 aromatic heterocycles. The standard InChI is InChI=1S/C23H25FN4O2/c1-15-13-22(20-14-16(24)3-8-21(20)25-15)28-11-9-18(10-12-28)27-23(29)26-17-4-6-19(30-2)7-5-17/h3-8,13-14,18H,9-12H2,1-2H3,(H2,26,27,29). The highest BCUT2D eigenvalue weighted by Crippen LogP contribution is 2.29. The van der Waals surface area contributed by atoms with Crippen molar-refractivity contribution in [3.05, 3.63) is 60.0 Å². The maximum Gasteiger partial charge on any atom is 0.319 e. The first-order chi connectivity index (χ1) is 14.5. The molecule has 0 spiro atoms. The Labute approximate surface area is 175 Å². The van der Waals surface area contributed by atoms with E-state index in [1.54, 1.807) is 43.5 Å². The summed E-state index contributed by atoms with van der Waals surface area (Å²) in [6, 6.07) is 13.8. The monoisotopic (exact) mass is 408 g/mol. The molecule has 2 heterocycles. The van der Waals surface area contributed by atoms with Gasteiger partial charge >= 0.3 is 6.03 Å². The van der Waals surface area contributed by atoms with Crippen LogP contribution in [0.5, 0.6) is 5.75 Å². The van der Waals surface area contributed by atoms with Crippen molar-refractivity contribution in [2.75, 3.05) is 30.4 Å². The third-order valence-corrected chi connectivity index (χ3v) is 5.40. The van der Waals surface area contributed by atoms with Gasteiger partial charge in [0, 0.05) is 41.6 Å². The van der Waals surface area contributed by atoms with E-state index in [-0.39, 0.29) is 17.9 Å². The molecule has 0 radical (unpaired) electrons. The van der Waals surface area contributed by atoms with Crippen molar-refractivity contribution < 1.29 is 13.9 Å². The van der Waals surface area contributed by atoms with E-state index in [9.17, 15) is 9.18 Å². The number of nitrogens with one attached hydrogen (secondary N) is 2. The van der Waals surface area contributed by atoms with Gasteiger partial charge < -0.3 is 20.3 Å². The number of amides is 2. The number of ether oxygens (including phenoxy) is 1. The van der Waals surface area contributed by atoms with Crippen molar-refractivity contribution in [3.63, 3.8) is 0 Å². The van der Waals surface area contributed by atoms with Crippen molar-refractivity contribution >= 4 is 28.3 Å². The molecule has 0 aliphatic carbocycles. The lowest BCUT2D eigenvalue weighted by atomic mass is 10.0. The number of anilines is 2. The summed E-state index contributed by atoms with van der Waals surface area (Å²) >= 11 is 0. The van der Waals surface area contributed by atoms with E-state index in [1.165, 1.54) is 6.07 Å². The summed E-state index contributed by atoms with van der Waals surface area (Å²) in [5, 5.41) is 6.72. The zero-order valence-corrected chi connectivity index (χ0v) is 17.1. The molecule has 7 heteroatoms. The molecule has 2 amide bonds. The van der Waals surface area contributed by atoms with E-state index >= 15 is 0 Å². The number of hydrogen-bond donors (Lipinski definition) is 2. The Morgan fingerprint density at radius 1 is 1.13 bits per heavy atom. The van der Waals surface area contributed by atoms with E-state index in [1.807, 2.05) is 13.0 Å². The summed E-state index contributed by atoms with van der Waals surface area (Å²) in [4.78, 5) is 19.1. The molecular formula is C23H25FN4O2. The molecule has 0 bridgehead atoms. The predicted octanol–water partition coefficient (Wildman–Crippen LogP) is 4.48. The second kappa shape index (κ2) is 8.57. The van der Waals surface area contributed by atoms with Crippen LogP contribution < -0.4 is 20.3 Å². The lowest BCUT2D eigenvalue weighted by molar-refractivity contribution is 0.246. The van der Waals surface area contributed by atoms with Gasteiger partial charge in [-0.15, -0.1) is 0 Å². The fraction of sp³-hybridized carbons (Fsp3) is 0.304. The van der Waals surface area contributed by atoms with Crippen molar-refractivity contribution in [2.45, 2.75) is 25.8 Å². The molecular weight excluding hydrogens is 383 g/mol. The highest BCUT2D eigenvalue weighted by molar-refractivity contribution is 5.92. The van der Waals surface area contributed by atoms with Gasteiger partial charge in [0.1, 0.15) is 11.6 Å². The van der Waals surface area contributed by atoms with Gasteiger partial charge in [-0.3, -0.25) is 4.98 Å². The lowest BCUT2D eigenvalue weighted by Crippen LogP contribution is -2.46. The summed E-state index contributed by atoms with van der Waals surface area (Å²) in [7, 11) is 1.61. The number of carbonyl (C=O) groups excluding carboxylic acids is 1. The van der Waals surface area contributed by atoms with E-state index in [0.29, 0.717) is 5.69 Å². The third kappa shape index (κ3) is 4.45. The van der Waals surface area contributed by atoms with E-state index in [4.69, 9.17) is 4.74 Å². The van der Waals surface area contributed by atoms with Gasteiger partial charge in [-0.25, -0.2) is 9.18 Å². The number of methoxy groups -OCH3 is 1. The molecule has 4 rings (SSSR count). The number of pyridine rings is 1. The number of aryl methyl sites for hydroxylation is 1. The molecule has 0 saturated carbocycles. The molecule has 30 heavy (non-hydrogen) atoms. The van der Waals surface area contributed by atoms with Crippen molar-refractivity contribution in [2.24, 2.45) is 0 Å². The van der Waals surface area contributed by atoms with Crippen LogP contribution in [0.4, 0.5) is 20.6 Å². The van der Waals surface area contributed by atoms with Crippen LogP contribution in [0.25, 0.3) is 10.9 Å². The smallest absolute Gasteiger partial charge is 0.319 e. The summed E-state index contributed by atoms with van der Waals surface area (Å²) in [5.74, 6) is 0.480. The Bertz CT molecular complexity index is 1050. The molecule has 3 aromatic rings. The van der Waals surface area contributed by atoms with Crippen LogP contribution >= 0.6 is 0 Å². The number of hydrogen-bond acceptors (Lipinski definition) is 4. The van der Waals surface area contributed by atoms with E-state index in [0.717, 1.165) is 54.0 Å². The fourth-order valence-corrected chi connectivity index (χ4v) is 3.86. The minimum atomic E-state index is -0.263. The number of benzene rings is 2. The highest BCUT2D eigenvalue weighted by atomic mass is 19.1. The summed E-state index contributed by atoms with van der Waals surface area (Å²) in [5.41, 5.74) is 3.42. The first-order valence-corrected chi connectivity index (χ1v) is 10.1. The molecule has 0 unspecified atom stereocenters. The Morgan fingerprint density at radius 2 is 1.87 bits per heavy atom. The first-order valence-electron chi connectivity index (χ1n) is 10.1. The van der Waals surface area contributed by atoms with Gasteiger partial charge in [-0.2, -0.15) is 0 Å². The quantitative estimate of drug-likeness (QED) is 0.668. The van der Waals surface area contributed by atoms with Gasteiger partial charge in [0.2, 0.25) is 0 Å². The van der Waals surface area contributed by atoms with Crippen molar-refractivity contribution in [3.8, 4) is 5.75 Å². The Hall–Kier alpha value is -3.35. The van der Waals surface area contributed by atoms with Crippen LogP contribution in [0.3, 0.4) is 0 Å². The maximum atomic E-state index is 13.8. The Morgan fingerprint density at radius 3 is 2.57 bits per heavy atom. The molecule has 0 atom stereocenters. The second-order valence-electron chi connectivity index (χ2n) is 7.53. The third-order valence-electron chi connectivity index (χ3n) is 5.40. The minimum Gasteiger partial charge on any atom is -0.497 e. The van der Waals surface area contributed by atoms with E-state index in [2.05, 4.69) is 20.5 Å². The largest absolute Gasteiger partial charge is 0.497 e. The number of piperidine rings is 1. The molecule has 1 aliphatic heterocycles. The van der Waals surface area contributed by atoms with Crippen molar-refractivity contribution in [1.29, 1.82) is 0 Å². The number of carbonyl (C=O) groups is 1. The molecule has 2 aromatic carbocycles. The normalized spacial score (nSPS) is 14.6. The SMILES string of the molecule is COc1ccc(NC(=O)NC2CCN(c3cc(C)nc4ccc(F)cc34)CC2)cc1. The number of urea groups is 1. The molecule has 1 aliphatic rings. The average Bonchev–Trinajstić information content (AvgIpc) is 2.74. The number of halogens is 1. The van der Waals surface area contributed by atoms with Gasteiger partial charge in [-0.05, 0) is 68.3 Å². The van der Waals surface area contributed by atoms with Crippen LogP contribution in [0.15, 0.2) is 48.5 Å². The van der Waals surface area contributed by atoms with Crippen LogP contribution in [0.1, 0.15) is 18.5 Å². The lowest BCUT2D eigenvalue weighted by Gasteiger charge is -2.34. The zero-order chi connectivity index (χ0) is 21.1. The van der Waals surface area contributed by atoms with Gasteiger partial charge in [0.25, 0.3) is 0 Å². The van der Waals surface area contributed by atoms with Crippen LogP contribution in [-0.4, -0.2) is 37.3 Å². The molecule has 156 valence electrons. The summed E-state index contributed by atoms with van der Waals surface area (Å²) in [6.45, 7) is 3.51. The summed E-state index contributed by atoms with van der Waals surface area (Å²) in [6.07, 6.45) is 1.63. The molecule has 1 saturated heterocycles.